The number of carbonyl (C=O) groups is 2. The van der Waals surface area contributed by atoms with Gasteiger partial charge < -0.3 is 5.11 Å². The SMILES string of the molecule is O=C1NC(=O)C2(O)C3C=CC(C3)C12. The van der Waals surface area contributed by atoms with Crippen LogP contribution in [0.1, 0.15) is 6.42 Å². The van der Waals surface area contributed by atoms with Crippen LogP contribution >= 0.6 is 0 Å². The summed E-state index contributed by atoms with van der Waals surface area (Å²) >= 11 is 0. The smallest absolute Gasteiger partial charge is 0.259 e. The molecule has 2 amide bonds. The van der Waals surface area contributed by atoms with Gasteiger partial charge in [0.25, 0.3) is 5.91 Å². The maximum Gasteiger partial charge on any atom is 0.259 e. The van der Waals surface area contributed by atoms with E-state index in [0.717, 1.165) is 6.42 Å². The minimum absolute atomic E-state index is 0.0569. The summed E-state index contributed by atoms with van der Waals surface area (Å²) in [6.07, 6.45) is 4.52. The van der Waals surface area contributed by atoms with Gasteiger partial charge in [-0.15, -0.1) is 0 Å². The van der Waals surface area contributed by atoms with E-state index >= 15 is 0 Å². The first-order chi connectivity index (χ1) is 6.14. The van der Waals surface area contributed by atoms with E-state index in [1.807, 2.05) is 12.2 Å². The van der Waals surface area contributed by atoms with Crippen molar-refractivity contribution in [1.82, 2.24) is 5.32 Å². The van der Waals surface area contributed by atoms with Crippen molar-refractivity contribution in [3.05, 3.63) is 12.2 Å². The van der Waals surface area contributed by atoms with Crippen LogP contribution in [0.2, 0.25) is 0 Å². The van der Waals surface area contributed by atoms with Crippen LogP contribution in [-0.2, 0) is 9.59 Å². The second-order valence-corrected chi connectivity index (χ2v) is 4.01. The van der Waals surface area contributed by atoms with Crippen molar-refractivity contribution < 1.29 is 14.7 Å². The van der Waals surface area contributed by atoms with E-state index in [4.69, 9.17) is 0 Å². The van der Waals surface area contributed by atoms with Crippen LogP contribution in [0, 0.1) is 17.8 Å². The summed E-state index contributed by atoms with van der Waals surface area (Å²) < 4.78 is 0. The normalized spacial score (nSPS) is 51.3. The molecule has 13 heavy (non-hydrogen) atoms. The van der Waals surface area contributed by atoms with Crippen molar-refractivity contribution in [1.29, 1.82) is 0 Å². The number of carbonyl (C=O) groups excluding carboxylic acids is 2. The third-order valence-electron chi connectivity index (χ3n) is 3.47. The number of fused-ring (bicyclic) bond motifs is 5. The van der Waals surface area contributed by atoms with Gasteiger partial charge in [-0.25, -0.2) is 0 Å². The van der Waals surface area contributed by atoms with Gasteiger partial charge in [-0.2, -0.15) is 0 Å². The van der Waals surface area contributed by atoms with Crippen LogP contribution < -0.4 is 5.32 Å². The Morgan fingerprint density at radius 1 is 1.46 bits per heavy atom. The largest absolute Gasteiger partial charge is 0.379 e. The molecule has 2 N–H and O–H groups in total. The average Bonchev–Trinajstić information content (AvgIpc) is 2.66. The Hall–Kier alpha value is -1.16. The minimum Gasteiger partial charge on any atom is -0.379 e. The summed E-state index contributed by atoms with van der Waals surface area (Å²) in [4.78, 5) is 22.7. The molecule has 1 heterocycles. The van der Waals surface area contributed by atoms with Crippen molar-refractivity contribution >= 4 is 11.8 Å². The van der Waals surface area contributed by atoms with Crippen molar-refractivity contribution in [2.24, 2.45) is 17.8 Å². The molecule has 2 bridgehead atoms. The molecular weight excluding hydrogens is 170 g/mol. The number of allylic oxidation sites excluding steroid dienone is 1. The van der Waals surface area contributed by atoms with Gasteiger partial charge in [-0.3, -0.25) is 14.9 Å². The molecule has 4 heteroatoms. The van der Waals surface area contributed by atoms with Crippen LogP contribution in [0.25, 0.3) is 0 Å². The lowest BCUT2D eigenvalue weighted by Crippen LogP contribution is -2.45. The maximum atomic E-state index is 11.4. The fourth-order valence-electron chi connectivity index (χ4n) is 2.85. The van der Waals surface area contributed by atoms with Gasteiger partial charge in [-0.1, -0.05) is 12.2 Å². The summed E-state index contributed by atoms with van der Waals surface area (Å²) in [7, 11) is 0. The highest BCUT2D eigenvalue weighted by Gasteiger charge is 2.66. The quantitative estimate of drug-likeness (QED) is 0.378. The molecule has 1 saturated heterocycles. The molecule has 0 aromatic carbocycles. The topological polar surface area (TPSA) is 66.4 Å². The number of nitrogens with one attached hydrogen (secondary N) is 1. The molecule has 68 valence electrons. The van der Waals surface area contributed by atoms with Crippen molar-refractivity contribution in [2.45, 2.75) is 12.0 Å². The highest BCUT2D eigenvalue weighted by atomic mass is 16.3. The summed E-state index contributed by atoms with van der Waals surface area (Å²) in [6, 6.07) is 0. The van der Waals surface area contributed by atoms with E-state index in [2.05, 4.69) is 5.32 Å². The molecule has 2 fully saturated rings. The van der Waals surface area contributed by atoms with Crippen LogP contribution in [0.3, 0.4) is 0 Å². The third-order valence-corrected chi connectivity index (χ3v) is 3.47. The second kappa shape index (κ2) is 1.85. The monoisotopic (exact) mass is 179 g/mol. The number of hydrogen-bond acceptors (Lipinski definition) is 3. The molecule has 0 aromatic heterocycles. The molecule has 0 aromatic rings. The zero-order valence-corrected chi connectivity index (χ0v) is 6.86. The van der Waals surface area contributed by atoms with Gasteiger partial charge >= 0.3 is 0 Å². The molecule has 1 aliphatic heterocycles. The first kappa shape index (κ1) is 7.26. The van der Waals surface area contributed by atoms with Gasteiger partial charge in [0.05, 0.1) is 5.92 Å². The molecule has 2 aliphatic carbocycles. The van der Waals surface area contributed by atoms with Gasteiger partial charge in [0.1, 0.15) is 0 Å². The average molecular weight is 179 g/mol. The molecule has 4 atom stereocenters. The van der Waals surface area contributed by atoms with Gasteiger partial charge in [0.2, 0.25) is 5.91 Å². The third kappa shape index (κ3) is 0.592. The van der Waals surface area contributed by atoms with Gasteiger partial charge in [0, 0.05) is 5.92 Å². The maximum absolute atomic E-state index is 11.4. The molecule has 0 radical (unpaired) electrons. The molecular formula is C9H9NO3. The van der Waals surface area contributed by atoms with Crippen LogP contribution in [0.4, 0.5) is 0 Å². The first-order valence-corrected chi connectivity index (χ1v) is 4.40. The van der Waals surface area contributed by atoms with E-state index in [1.165, 1.54) is 0 Å². The fourth-order valence-corrected chi connectivity index (χ4v) is 2.85. The highest BCUT2D eigenvalue weighted by molar-refractivity contribution is 6.10. The van der Waals surface area contributed by atoms with E-state index in [-0.39, 0.29) is 17.7 Å². The van der Waals surface area contributed by atoms with Crippen LogP contribution in [0.15, 0.2) is 12.2 Å². The lowest BCUT2D eigenvalue weighted by atomic mass is 9.81. The lowest BCUT2D eigenvalue weighted by molar-refractivity contribution is -0.140. The number of imide groups is 1. The minimum atomic E-state index is -1.43. The number of rotatable bonds is 0. The molecule has 4 nitrogen and oxygen atoms in total. The lowest BCUT2D eigenvalue weighted by Gasteiger charge is -2.26. The van der Waals surface area contributed by atoms with Gasteiger partial charge in [-0.05, 0) is 12.3 Å². The summed E-state index contributed by atoms with van der Waals surface area (Å²) in [5, 5.41) is 12.3. The summed E-state index contributed by atoms with van der Waals surface area (Å²) in [6.45, 7) is 0. The Morgan fingerprint density at radius 2 is 2.23 bits per heavy atom. The summed E-state index contributed by atoms with van der Waals surface area (Å²) in [5.41, 5.74) is -1.43. The second-order valence-electron chi connectivity index (χ2n) is 4.01. The van der Waals surface area contributed by atoms with Gasteiger partial charge in [0.15, 0.2) is 5.60 Å². The summed E-state index contributed by atoms with van der Waals surface area (Å²) in [5.74, 6) is -1.46. The Morgan fingerprint density at radius 3 is 2.92 bits per heavy atom. The zero-order chi connectivity index (χ0) is 9.22. The van der Waals surface area contributed by atoms with Crippen molar-refractivity contribution in [3.63, 3.8) is 0 Å². The Balaban J connectivity index is 2.17. The van der Waals surface area contributed by atoms with Crippen LogP contribution in [0.5, 0.6) is 0 Å². The van der Waals surface area contributed by atoms with Crippen molar-refractivity contribution in [2.75, 3.05) is 0 Å². The van der Waals surface area contributed by atoms with E-state index < -0.39 is 17.4 Å². The highest BCUT2D eigenvalue weighted by Crippen LogP contribution is 2.52. The molecule has 1 saturated carbocycles. The van der Waals surface area contributed by atoms with Crippen molar-refractivity contribution in [3.8, 4) is 0 Å². The number of aliphatic hydroxyl groups is 1. The number of amides is 2. The zero-order valence-electron chi connectivity index (χ0n) is 6.86. The standard InChI is InChI=1S/C9H9NO3/c11-7-6-4-1-2-5(3-4)9(6,13)8(12)10-7/h1-2,4-6,13H,3H2,(H,10,11,12). The molecule has 3 aliphatic rings. The predicted molar refractivity (Wildman–Crippen MR) is 42.3 cm³/mol. The first-order valence-electron chi connectivity index (χ1n) is 4.40. The molecule has 3 rings (SSSR count). The Kier molecular flexibility index (Phi) is 1.03. The Labute approximate surface area is 74.6 Å². The van der Waals surface area contributed by atoms with Crippen LogP contribution in [-0.4, -0.2) is 22.5 Å². The Bertz CT molecular complexity index is 349. The van der Waals surface area contributed by atoms with E-state index in [9.17, 15) is 14.7 Å². The molecule has 0 spiro atoms. The number of hydrogen-bond donors (Lipinski definition) is 2. The molecule has 4 unspecified atom stereocenters. The van der Waals surface area contributed by atoms with E-state index in [1.54, 1.807) is 0 Å². The fraction of sp³-hybridized carbons (Fsp3) is 0.556. The predicted octanol–water partition coefficient (Wildman–Crippen LogP) is -0.804. The van der Waals surface area contributed by atoms with E-state index in [0.29, 0.717) is 0 Å².